The van der Waals surface area contributed by atoms with Crippen LogP contribution in [-0.2, 0) is 6.42 Å². The fourth-order valence-corrected chi connectivity index (χ4v) is 2.88. The minimum absolute atomic E-state index is 0.626. The standard InChI is InChI=1S/C12H10BrN3S/c13-11-2-1-10(17-11)4-6-16-12-7-9(8-14)3-5-15-12/h1-3,5,7H,4,6H2,(H,15,16). The number of nitrogens with one attached hydrogen (secondary N) is 1. The molecular weight excluding hydrogens is 298 g/mol. The Morgan fingerprint density at radius 1 is 1.41 bits per heavy atom. The first-order valence-corrected chi connectivity index (χ1v) is 6.73. The van der Waals surface area contributed by atoms with Crippen molar-refractivity contribution in [2.24, 2.45) is 0 Å². The highest BCUT2D eigenvalue weighted by molar-refractivity contribution is 9.11. The van der Waals surface area contributed by atoms with Crippen LogP contribution in [0.5, 0.6) is 0 Å². The van der Waals surface area contributed by atoms with E-state index in [0.717, 1.165) is 22.6 Å². The minimum Gasteiger partial charge on any atom is -0.370 e. The molecule has 2 aromatic rings. The van der Waals surface area contributed by atoms with Crippen LogP contribution in [-0.4, -0.2) is 11.5 Å². The number of hydrogen-bond donors (Lipinski definition) is 1. The smallest absolute Gasteiger partial charge is 0.127 e. The van der Waals surface area contributed by atoms with Crippen molar-refractivity contribution < 1.29 is 0 Å². The molecule has 0 aromatic carbocycles. The maximum atomic E-state index is 8.76. The maximum absolute atomic E-state index is 8.76. The number of thiophene rings is 1. The third-order valence-electron chi connectivity index (χ3n) is 2.20. The van der Waals surface area contributed by atoms with Gasteiger partial charge in [0.15, 0.2) is 0 Å². The lowest BCUT2D eigenvalue weighted by atomic mass is 10.3. The zero-order valence-corrected chi connectivity index (χ0v) is 11.4. The summed E-state index contributed by atoms with van der Waals surface area (Å²) in [6.07, 6.45) is 2.59. The molecule has 1 N–H and O–H groups in total. The predicted octanol–water partition coefficient (Wildman–Crippen LogP) is 3.43. The fraction of sp³-hybridized carbons (Fsp3) is 0.167. The Morgan fingerprint density at radius 3 is 3.00 bits per heavy atom. The molecule has 17 heavy (non-hydrogen) atoms. The van der Waals surface area contributed by atoms with Crippen LogP contribution >= 0.6 is 27.3 Å². The second kappa shape index (κ2) is 5.80. The van der Waals surface area contributed by atoms with E-state index in [0.29, 0.717) is 5.56 Å². The van der Waals surface area contributed by atoms with Crippen molar-refractivity contribution in [2.75, 3.05) is 11.9 Å². The first-order chi connectivity index (χ1) is 8.28. The van der Waals surface area contributed by atoms with Gasteiger partial charge < -0.3 is 5.32 Å². The van der Waals surface area contributed by atoms with E-state index in [1.54, 1.807) is 29.7 Å². The van der Waals surface area contributed by atoms with Gasteiger partial charge in [-0.15, -0.1) is 11.3 Å². The van der Waals surface area contributed by atoms with E-state index in [2.05, 4.69) is 44.4 Å². The van der Waals surface area contributed by atoms with Gasteiger partial charge in [0.1, 0.15) is 5.82 Å². The van der Waals surface area contributed by atoms with Crippen molar-refractivity contribution in [1.29, 1.82) is 5.26 Å². The van der Waals surface area contributed by atoms with Gasteiger partial charge in [0.2, 0.25) is 0 Å². The SMILES string of the molecule is N#Cc1ccnc(NCCc2ccc(Br)s2)c1. The molecule has 0 bridgehead atoms. The quantitative estimate of drug-likeness (QED) is 0.941. The van der Waals surface area contributed by atoms with Crippen molar-refractivity contribution >= 4 is 33.1 Å². The first kappa shape index (κ1) is 12.1. The van der Waals surface area contributed by atoms with Crippen LogP contribution in [0, 0.1) is 11.3 Å². The van der Waals surface area contributed by atoms with Gasteiger partial charge in [0.25, 0.3) is 0 Å². The first-order valence-electron chi connectivity index (χ1n) is 5.12. The van der Waals surface area contributed by atoms with E-state index in [1.165, 1.54) is 4.88 Å². The monoisotopic (exact) mass is 307 g/mol. The van der Waals surface area contributed by atoms with Crippen LogP contribution in [0.25, 0.3) is 0 Å². The van der Waals surface area contributed by atoms with Gasteiger partial charge in [-0.3, -0.25) is 0 Å². The van der Waals surface area contributed by atoms with Gasteiger partial charge >= 0.3 is 0 Å². The zero-order valence-electron chi connectivity index (χ0n) is 8.98. The summed E-state index contributed by atoms with van der Waals surface area (Å²) in [6.45, 7) is 0.814. The molecule has 2 heterocycles. The Balaban J connectivity index is 1.88. The second-order valence-corrected chi connectivity index (χ2v) is 5.97. The Morgan fingerprint density at radius 2 is 2.29 bits per heavy atom. The molecule has 0 saturated heterocycles. The molecule has 3 nitrogen and oxygen atoms in total. The number of halogens is 1. The highest BCUT2D eigenvalue weighted by Gasteiger charge is 1.99. The molecule has 0 aliphatic carbocycles. The molecule has 2 aromatic heterocycles. The Kier molecular flexibility index (Phi) is 4.13. The lowest BCUT2D eigenvalue weighted by molar-refractivity contribution is 1.03. The van der Waals surface area contributed by atoms with E-state index < -0.39 is 0 Å². The van der Waals surface area contributed by atoms with Crippen molar-refractivity contribution in [3.8, 4) is 6.07 Å². The number of aromatic nitrogens is 1. The average molecular weight is 308 g/mol. The van der Waals surface area contributed by atoms with Crippen LogP contribution in [0.1, 0.15) is 10.4 Å². The van der Waals surface area contributed by atoms with Gasteiger partial charge in [-0.1, -0.05) is 0 Å². The zero-order chi connectivity index (χ0) is 12.1. The number of hydrogen-bond acceptors (Lipinski definition) is 4. The van der Waals surface area contributed by atoms with E-state index in [-0.39, 0.29) is 0 Å². The lowest BCUT2D eigenvalue weighted by Gasteiger charge is -2.04. The number of nitriles is 1. The van der Waals surface area contributed by atoms with Crippen LogP contribution in [0.15, 0.2) is 34.2 Å². The highest BCUT2D eigenvalue weighted by Crippen LogP contribution is 2.22. The van der Waals surface area contributed by atoms with E-state index in [1.807, 2.05) is 0 Å². The summed E-state index contributed by atoms with van der Waals surface area (Å²) < 4.78 is 1.15. The summed E-state index contributed by atoms with van der Waals surface area (Å²) in [5, 5.41) is 12.0. The molecule has 0 atom stereocenters. The summed E-state index contributed by atoms with van der Waals surface area (Å²) in [4.78, 5) is 5.48. The summed E-state index contributed by atoms with van der Waals surface area (Å²) in [7, 11) is 0. The van der Waals surface area contributed by atoms with Gasteiger partial charge in [-0.25, -0.2) is 4.98 Å². The molecule has 0 amide bonds. The van der Waals surface area contributed by atoms with E-state index in [4.69, 9.17) is 5.26 Å². The lowest BCUT2D eigenvalue weighted by Crippen LogP contribution is -2.05. The third kappa shape index (κ3) is 3.55. The van der Waals surface area contributed by atoms with Crippen molar-refractivity contribution in [3.05, 3.63) is 44.7 Å². The Hall–Kier alpha value is -1.38. The molecule has 0 aliphatic heterocycles. The van der Waals surface area contributed by atoms with Gasteiger partial charge in [-0.05, 0) is 46.6 Å². The minimum atomic E-state index is 0.626. The normalized spacial score (nSPS) is 9.88. The molecular formula is C12H10BrN3S. The number of nitrogens with zero attached hydrogens (tertiary/aromatic N) is 2. The summed E-state index contributed by atoms with van der Waals surface area (Å²) >= 11 is 5.17. The van der Waals surface area contributed by atoms with E-state index >= 15 is 0 Å². The molecule has 0 unspecified atom stereocenters. The fourth-order valence-electron chi connectivity index (χ4n) is 1.40. The summed E-state index contributed by atoms with van der Waals surface area (Å²) in [6, 6.07) is 9.70. The summed E-state index contributed by atoms with van der Waals surface area (Å²) in [5.74, 6) is 0.750. The Labute approximate surface area is 112 Å². The van der Waals surface area contributed by atoms with Crippen molar-refractivity contribution in [1.82, 2.24) is 4.98 Å². The largest absolute Gasteiger partial charge is 0.370 e. The van der Waals surface area contributed by atoms with Crippen LogP contribution in [0.4, 0.5) is 5.82 Å². The second-order valence-electron chi connectivity index (χ2n) is 3.42. The summed E-state index contributed by atoms with van der Waals surface area (Å²) in [5.41, 5.74) is 0.626. The predicted molar refractivity (Wildman–Crippen MR) is 73.2 cm³/mol. The average Bonchev–Trinajstić information content (AvgIpc) is 2.75. The molecule has 0 saturated carbocycles. The molecule has 5 heteroatoms. The van der Waals surface area contributed by atoms with Crippen LogP contribution < -0.4 is 5.32 Å². The Bertz CT molecular complexity index is 545. The van der Waals surface area contributed by atoms with Crippen molar-refractivity contribution in [3.63, 3.8) is 0 Å². The molecule has 0 fully saturated rings. The third-order valence-corrected chi connectivity index (χ3v) is 3.88. The van der Waals surface area contributed by atoms with Gasteiger partial charge in [0.05, 0.1) is 15.4 Å². The molecule has 0 aliphatic rings. The number of anilines is 1. The van der Waals surface area contributed by atoms with Gasteiger partial charge in [-0.2, -0.15) is 5.26 Å². The van der Waals surface area contributed by atoms with Crippen molar-refractivity contribution in [2.45, 2.75) is 6.42 Å². The van der Waals surface area contributed by atoms with Gasteiger partial charge in [0, 0.05) is 17.6 Å². The van der Waals surface area contributed by atoms with E-state index in [9.17, 15) is 0 Å². The number of pyridine rings is 1. The van der Waals surface area contributed by atoms with Crippen LogP contribution in [0.2, 0.25) is 0 Å². The highest BCUT2D eigenvalue weighted by atomic mass is 79.9. The maximum Gasteiger partial charge on any atom is 0.127 e. The number of rotatable bonds is 4. The molecule has 0 spiro atoms. The molecule has 2 rings (SSSR count). The molecule has 86 valence electrons. The topological polar surface area (TPSA) is 48.7 Å². The van der Waals surface area contributed by atoms with Crippen LogP contribution in [0.3, 0.4) is 0 Å². The molecule has 0 radical (unpaired) electrons.